The Labute approximate surface area is 234 Å². The van der Waals surface area contributed by atoms with Gasteiger partial charge in [0.1, 0.15) is 5.69 Å². The van der Waals surface area contributed by atoms with Gasteiger partial charge in [0.25, 0.3) is 5.91 Å². The number of hydrogen-bond acceptors (Lipinski definition) is 5. The van der Waals surface area contributed by atoms with E-state index in [1.54, 1.807) is 21.8 Å². The van der Waals surface area contributed by atoms with Gasteiger partial charge in [-0.05, 0) is 70.1 Å². The molecule has 0 spiro atoms. The van der Waals surface area contributed by atoms with Gasteiger partial charge in [0.15, 0.2) is 5.82 Å². The zero-order valence-corrected chi connectivity index (χ0v) is 23.7. The molecule has 2 amide bonds. The lowest BCUT2D eigenvalue weighted by Crippen LogP contribution is -2.42. The van der Waals surface area contributed by atoms with Gasteiger partial charge in [-0.1, -0.05) is 6.07 Å². The number of nitrogens with zero attached hydrogens (tertiary/aromatic N) is 4. The quantitative estimate of drug-likeness (QED) is 0.476. The van der Waals surface area contributed by atoms with Crippen LogP contribution in [0.15, 0.2) is 30.6 Å². The molecule has 3 aliphatic heterocycles. The number of aryl methyl sites for hydroxylation is 1. The van der Waals surface area contributed by atoms with E-state index in [1.165, 1.54) is 0 Å². The van der Waals surface area contributed by atoms with Crippen LogP contribution in [-0.2, 0) is 20.6 Å². The number of piperidine rings is 1. The lowest BCUT2D eigenvalue weighted by molar-refractivity contribution is -0.132. The van der Waals surface area contributed by atoms with Crippen LogP contribution in [0, 0.1) is 5.82 Å². The highest BCUT2D eigenvalue weighted by Crippen LogP contribution is 2.39. The minimum absolute atomic E-state index is 0.0372. The van der Waals surface area contributed by atoms with E-state index in [2.05, 4.69) is 10.1 Å². The monoisotopic (exact) mass is 549 g/mol. The Morgan fingerprint density at radius 2 is 1.82 bits per heavy atom. The third kappa shape index (κ3) is 4.73. The van der Waals surface area contributed by atoms with Crippen LogP contribution in [0.3, 0.4) is 0 Å². The molecule has 3 aliphatic rings. The Morgan fingerprint density at radius 3 is 2.48 bits per heavy atom. The first-order valence-electron chi connectivity index (χ1n) is 14.3. The molecule has 40 heavy (non-hydrogen) atoms. The van der Waals surface area contributed by atoms with Crippen molar-refractivity contribution in [3.05, 3.63) is 47.7 Å². The van der Waals surface area contributed by atoms with Gasteiger partial charge >= 0.3 is 7.12 Å². The molecule has 0 unspecified atom stereocenters. The van der Waals surface area contributed by atoms with E-state index in [0.29, 0.717) is 61.3 Å². The van der Waals surface area contributed by atoms with E-state index >= 15 is 4.39 Å². The van der Waals surface area contributed by atoms with Gasteiger partial charge in [0, 0.05) is 62.8 Å². The van der Waals surface area contributed by atoms with E-state index < -0.39 is 18.3 Å². The third-order valence-electron chi connectivity index (χ3n) is 9.12. The summed E-state index contributed by atoms with van der Waals surface area (Å²) in [5.41, 5.74) is 0.718. The summed E-state index contributed by atoms with van der Waals surface area (Å²) in [5, 5.41) is 4.77. The van der Waals surface area contributed by atoms with Crippen LogP contribution >= 0.6 is 0 Å². The molecule has 212 valence electrons. The number of aromatic nitrogens is 3. The first-order valence-corrected chi connectivity index (χ1v) is 14.3. The fourth-order valence-electron chi connectivity index (χ4n) is 5.83. The second-order valence-corrected chi connectivity index (χ2v) is 12.3. The SMILES string of the molecule is CC1(C)OB(c2cc([C@H]3CCCN(C(=O)CCn4cccn4)C3)c(F)c3[nH]c(C(=O)N4CCC4)cc23)OC1(C)C. The van der Waals surface area contributed by atoms with E-state index in [4.69, 9.17) is 9.31 Å². The summed E-state index contributed by atoms with van der Waals surface area (Å²) in [4.78, 5) is 32.8. The smallest absolute Gasteiger partial charge is 0.399 e. The second kappa shape index (κ2) is 10.0. The molecular formula is C29H37BFN5O4. The molecule has 2 aromatic heterocycles. The summed E-state index contributed by atoms with van der Waals surface area (Å²) in [7, 11) is -0.718. The van der Waals surface area contributed by atoms with Crippen molar-refractivity contribution in [2.75, 3.05) is 26.2 Å². The van der Waals surface area contributed by atoms with E-state index in [0.717, 1.165) is 19.3 Å². The Balaban J connectivity index is 1.34. The number of nitrogens with one attached hydrogen (secondary N) is 1. The van der Waals surface area contributed by atoms with Crippen molar-refractivity contribution in [2.45, 2.75) is 77.0 Å². The Bertz CT molecular complexity index is 1420. The fraction of sp³-hybridized carbons (Fsp3) is 0.552. The number of aromatic amines is 1. The molecule has 1 N–H and O–H groups in total. The highest BCUT2D eigenvalue weighted by molar-refractivity contribution is 6.65. The summed E-state index contributed by atoms with van der Waals surface area (Å²) in [6.07, 6.45) is 6.39. The van der Waals surface area contributed by atoms with Gasteiger partial charge in [-0.25, -0.2) is 4.39 Å². The maximum atomic E-state index is 16.3. The zero-order chi connectivity index (χ0) is 28.2. The van der Waals surface area contributed by atoms with E-state index in [-0.39, 0.29) is 29.1 Å². The van der Waals surface area contributed by atoms with Crippen LogP contribution in [0.5, 0.6) is 0 Å². The van der Waals surface area contributed by atoms with Gasteiger partial charge < -0.3 is 24.1 Å². The number of H-pyrrole nitrogens is 1. The number of amides is 2. The highest BCUT2D eigenvalue weighted by atomic mass is 19.1. The summed E-state index contributed by atoms with van der Waals surface area (Å²) in [6.45, 7) is 10.9. The van der Waals surface area contributed by atoms with Crippen molar-refractivity contribution in [1.29, 1.82) is 0 Å². The summed E-state index contributed by atoms with van der Waals surface area (Å²) >= 11 is 0. The number of likely N-dealkylation sites (tertiary alicyclic amines) is 2. The number of rotatable bonds is 6. The minimum atomic E-state index is -0.718. The average Bonchev–Trinajstić information content (AvgIpc) is 3.60. The third-order valence-corrected chi connectivity index (χ3v) is 9.12. The van der Waals surface area contributed by atoms with Crippen LogP contribution in [0.25, 0.3) is 10.9 Å². The fourth-order valence-corrected chi connectivity index (χ4v) is 5.83. The van der Waals surface area contributed by atoms with Crippen molar-refractivity contribution in [2.24, 2.45) is 0 Å². The van der Waals surface area contributed by atoms with Gasteiger partial charge in [0.05, 0.1) is 16.7 Å². The van der Waals surface area contributed by atoms with E-state index in [9.17, 15) is 9.59 Å². The Hall–Kier alpha value is -3.18. The molecule has 3 saturated heterocycles. The highest BCUT2D eigenvalue weighted by Gasteiger charge is 2.52. The number of hydrogen-bond donors (Lipinski definition) is 1. The molecule has 3 fully saturated rings. The maximum Gasteiger partial charge on any atom is 0.495 e. The largest absolute Gasteiger partial charge is 0.495 e. The molecule has 5 heterocycles. The zero-order valence-electron chi connectivity index (χ0n) is 23.7. The molecule has 1 atom stereocenters. The first-order chi connectivity index (χ1) is 19.0. The summed E-state index contributed by atoms with van der Waals surface area (Å²) < 4.78 is 30.8. The Kier molecular flexibility index (Phi) is 6.77. The molecule has 1 aromatic carbocycles. The molecule has 6 rings (SSSR count). The van der Waals surface area contributed by atoms with Crippen molar-refractivity contribution < 1.29 is 23.3 Å². The van der Waals surface area contributed by atoms with E-state index in [1.807, 2.05) is 50.9 Å². The predicted molar refractivity (Wildman–Crippen MR) is 150 cm³/mol. The van der Waals surface area contributed by atoms with Crippen LogP contribution in [0.2, 0.25) is 0 Å². The molecule has 0 bridgehead atoms. The average molecular weight is 549 g/mol. The molecule has 0 saturated carbocycles. The lowest BCUT2D eigenvalue weighted by Gasteiger charge is -2.33. The van der Waals surface area contributed by atoms with Crippen molar-refractivity contribution >= 4 is 35.3 Å². The number of carbonyl (C=O) groups is 2. The molecule has 3 aromatic rings. The molecular weight excluding hydrogens is 512 g/mol. The van der Waals surface area contributed by atoms with Crippen molar-refractivity contribution in [3.8, 4) is 0 Å². The second-order valence-electron chi connectivity index (χ2n) is 12.3. The van der Waals surface area contributed by atoms with Crippen LogP contribution in [0.1, 0.15) is 75.3 Å². The topological polar surface area (TPSA) is 92.7 Å². The van der Waals surface area contributed by atoms with Gasteiger partial charge in [-0.3, -0.25) is 14.3 Å². The molecule has 0 aliphatic carbocycles. The summed E-state index contributed by atoms with van der Waals surface area (Å²) in [5.74, 6) is -0.662. The maximum absolute atomic E-state index is 16.3. The number of benzene rings is 1. The predicted octanol–water partition coefficient (Wildman–Crippen LogP) is 3.44. The molecule has 11 heteroatoms. The molecule has 9 nitrogen and oxygen atoms in total. The number of fused-ring (bicyclic) bond motifs is 1. The van der Waals surface area contributed by atoms with Gasteiger partial charge in [0.2, 0.25) is 5.91 Å². The minimum Gasteiger partial charge on any atom is -0.399 e. The van der Waals surface area contributed by atoms with Gasteiger partial charge in [-0.2, -0.15) is 5.10 Å². The van der Waals surface area contributed by atoms with Crippen molar-refractivity contribution in [1.82, 2.24) is 24.6 Å². The Morgan fingerprint density at radius 1 is 1.10 bits per heavy atom. The lowest BCUT2D eigenvalue weighted by atomic mass is 9.74. The molecule has 0 radical (unpaired) electrons. The van der Waals surface area contributed by atoms with Crippen LogP contribution in [0.4, 0.5) is 4.39 Å². The normalized spacial score (nSPS) is 22.1. The number of carbonyl (C=O) groups excluding carboxylic acids is 2. The standard InChI is InChI=1S/C29H37BFN5O4/c1-28(2)29(3,4)40-30(39-28)22-16-20(25(31)26-21(22)17-23(33-26)27(38)34-12-7-13-34)19-8-5-11-35(18-19)24(37)9-15-36-14-6-10-32-36/h6,10,14,16-17,19,33H,5,7-9,11-13,15,18H2,1-4H3/t19-/m0/s1. The van der Waals surface area contributed by atoms with Crippen LogP contribution in [-0.4, -0.2) is 80.9 Å². The number of halogens is 1. The van der Waals surface area contributed by atoms with Gasteiger partial charge in [-0.15, -0.1) is 0 Å². The van der Waals surface area contributed by atoms with Crippen LogP contribution < -0.4 is 5.46 Å². The first kappa shape index (κ1) is 27.0. The summed E-state index contributed by atoms with van der Waals surface area (Å²) in [6, 6.07) is 5.41. The van der Waals surface area contributed by atoms with Crippen molar-refractivity contribution in [3.63, 3.8) is 0 Å².